The molecule has 4 atom stereocenters. The summed E-state index contributed by atoms with van der Waals surface area (Å²) in [6, 6.07) is -0.864. The molecule has 9 heteroatoms. The Hall–Kier alpha value is 0.385. The summed E-state index contributed by atoms with van der Waals surface area (Å²) in [5, 5.41) is 8.55. The number of hydrogen-bond donors (Lipinski definition) is 3. The summed E-state index contributed by atoms with van der Waals surface area (Å²) in [5.41, 5.74) is 0. The fourth-order valence-corrected chi connectivity index (χ4v) is 1.63. The summed E-state index contributed by atoms with van der Waals surface area (Å²) in [7, 11) is 0.775. The van der Waals surface area contributed by atoms with Gasteiger partial charge in [0.25, 0.3) is 0 Å². The lowest BCUT2D eigenvalue weighted by Crippen LogP contribution is -2.31. The number of phosphoric ester groups is 1. The van der Waals surface area contributed by atoms with Crippen LogP contribution in [0.2, 0.25) is 0 Å². The van der Waals surface area contributed by atoms with Crippen molar-refractivity contribution in [2.45, 2.75) is 23.6 Å². The Bertz CT molecular complexity index is 246. The summed E-state index contributed by atoms with van der Waals surface area (Å²) in [4.78, 5) is 16.8. The molecule has 0 aliphatic carbocycles. The van der Waals surface area contributed by atoms with E-state index in [-0.39, 0.29) is 0 Å². The standard InChI is InChI=1S/C5H9BClO6P/c6-5-3(7)4(8)2(13-5)1-12-14(9,10)11/h2-5,8H,1H2,(H2,9,10,11)/t2?,3-,4-,5-/m1/s1. The zero-order chi connectivity index (χ0) is 10.9. The Balaban J connectivity index is 2.44. The third-order valence-electron chi connectivity index (χ3n) is 1.76. The van der Waals surface area contributed by atoms with Crippen LogP contribution in [0.15, 0.2) is 0 Å². The topological polar surface area (TPSA) is 96.2 Å². The Morgan fingerprint density at radius 2 is 2.14 bits per heavy atom. The van der Waals surface area contributed by atoms with Crippen molar-refractivity contribution in [2.24, 2.45) is 0 Å². The average molecular weight is 242 g/mol. The highest BCUT2D eigenvalue weighted by atomic mass is 35.5. The lowest BCUT2D eigenvalue weighted by molar-refractivity contribution is -0.00417. The first-order valence-electron chi connectivity index (χ1n) is 3.74. The Morgan fingerprint density at radius 3 is 2.50 bits per heavy atom. The molecule has 0 amide bonds. The summed E-state index contributed by atoms with van der Waals surface area (Å²) in [6.45, 7) is -0.456. The SMILES string of the molecule is [B][C@@H]1OC(COP(=O)(O)O)[C@@H](O)[C@H]1Cl. The Kier molecular flexibility index (Phi) is 3.99. The van der Waals surface area contributed by atoms with Crippen molar-refractivity contribution in [3.05, 3.63) is 0 Å². The third-order valence-corrected chi connectivity index (χ3v) is 2.75. The molecule has 80 valence electrons. The summed E-state index contributed by atoms with van der Waals surface area (Å²) < 4.78 is 19.4. The van der Waals surface area contributed by atoms with E-state index < -0.39 is 38.0 Å². The van der Waals surface area contributed by atoms with Crippen LogP contribution in [0.3, 0.4) is 0 Å². The molecule has 1 rings (SSSR count). The molecule has 6 nitrogen and oxygen atoms in total. The molecule has 0 aromatic rings. The van der Waals surface area contributed by atoms with Gasteiger partial charge in [0, 0.05) is 6.00 Å². The molecule has 0 aromatic heterocycles. The molecule has 1 aliphatic heterocycles. The number of ether oxygens (including phenoxy) is 1. The maximum absolute atomic E-state index is 10.3. The van der Waals surface area contributed by atoms with Crippen LogP contribution in [0.1, 0.15) is 0 Å². The molecule has 2 radical (unpaired) electrons. The van der Waals surface area contributed by atoms with E-state index >= 15 is 0 Å². The average Bonchev–Trinajstić information content (AvgIpc) is 2.28. The molecular formula is C5H9BClO6P. The summed E-state index contributed by atoms with van der Waals surface area (Å²) >= 11 is 5.61. The second kappa shape index (κ2) is 4.49. The molecule has 1 heterocycles. The molecule has 0 aromatic carbocycles. The monoisotopic (exact) mass is 242 g/mol. The minimum Gasteiger partial charge on any atom is -0.389 e. The largest absolute Gasteiger partial charge is 0.469 e. The van der Waals surface area contributed by atoms with E-state index in [0.29, 0.717) is 0 Å². The molecule has 3 N–H and O–H groups in total. The number of rotatable bonds is 3. The number of phosphoric acid groups is 1. The summed E-state index contributed by atoms with van der Waals surface area (Å²) in [5.74, 6) is 0. The molecule has 0 spiro atoms. The number of hydrogen-bond acceptors (Lipinski definition) is 4. The van der Waals surface area contributed by atoms with Gasteiger partial charge in [0.05, 0.1) is 12.0 Å². The van der Waals surface area contributed by atoms with E-state index in [1.807, 2.05) is 0 Å². The Morgan fingerprint density at radius 1 is 1.57 bits per heavy atom. The molecule has 1 unspecified atom stereocenters. The van der Waals surface area contributed by atoms with Gasteiger partial charge in [0.15, 0.2) is 0 Å². The number of aliphatic hydroxyl groups is 1. The van der Waals surface area contributed by atoms with E-state index in [1.165, 1.54) is 0 Å². The van der Waals surface area contributed by atoms with Crippen molar-refractivity contribution in [3.63, 3.8) is 0 Å². The van der Waals surface area contributed by atoms with Gasteiger partial charge in [-0.1, -0.05) is 0 Å². The van der Waals surface area contributed by atoms with Crippen LogP contribution in [0, 0.1) is 0 Å². The highest BCUT2D eigenvalue weighted by Gasteiger charge is 2.40. The number of halogens is 1. The molecule has 1 saturated heterocycles. The lowest BCUT2D eigenvalue weighted by atomic mass is 9.95. The van der Waals surface area contributed by atoms with Crippen molar-refractivity contribution in [2.75, 3.05) is 6.61 Å². The second-order valence-corrected chi connectivity index (χ2v) is 4.60. The van der Waals surface area contributed by atoms with E-state index in [0.717, 1.165) is 0 Å². The fraction of sp³-hybridized carbons (Fsp3) is 1.00. The van der Waals surface area contributed by atoms with Crippen molar-refractivity contribution >= 4 is 27.3 Å². The Labute approximate surface area is 86.8 Å². The smallest absolute Gasteiger partial charge is 0.389 e. The van der Waals surface area contributed by atoms with Gasteiger partial charge in [0.1, 0.15) is 20.1 Å². The van der Waals surface area contributed by atoms with Crippen LogP contribution < -0.4 is 0 Å². The first-order chi connectivity index (χ1) is 6.31. The maximum atomic E-state index is 10.3. The third kappa shape index (κ3) is 3.20. The number of alkyl halides is 1. The maximum Gasteiger partial charge on any atom is 0.469 e. The van der Waals surface area contributed by atoms with Gasteiger partial charge < -0.3 is 19.6 Å². The van der Waals surface area contributed by atoms with Crippen molar-refractivity contribution in [1.29, 1.82) is 0 Å². The minimum atomic E-state index is -4.56. The van der Waals surface area contributed by atoms with Gasteiger partial charge in [-0.3, -0.25) is 4.52 Å². The van der Waals surface area contributed by atoms with Gasteiger partial charge in [0.2, 0.25) is 0 Å². The summed E-state index contributed by atoms with van der Waals surface area (Å²) in [6.07, 6.45) is -2.02. The van der Waals surface area contributed by atoms with Gasteiger partial charge >= 0.3 is 7.82 Å². The molecule has 0 bridgehead atoms. The molecule has 1 aliphatic rings. The van der Waals surface area contributed by atoms with Gasteiger partial charge in [-0.15, -0.1) is 11.6 Å². The quantitative estimate of drug-likeness (QED) is 0.332. The molecule has 0 saturated carbocycles. The van der Waals surface area contributed by atoms with E-state index in [1.54, 1.807) is 0 Å². The van der Waals surface area contributed by atoms with Gasteiger partial charge in [-0.2, -0.15) is 0 Å². The van der Waals surface area contributed by atoms with E-state index in [2.05, 4.69) is 4.52 Å². The van der Waals surface area contributed by atoms with Crippen LogP contribution in [0.4, 0.5) is 0 Å². The molecule has 14 heavy (non-hydrogen) atoms. The van der Waals surface area contributed by atoms with Crippen LogP contribution >= 0.6 is 19.4 Å². The predicted octanol–water partition coefficient (Wildman–Crippen LogP) is -1.04. The minimum absolute atomic E-state index is 0.456. The van der Waals surface area contributed by atoms with E-state index in [9.17, 15) is 9.67 Å². The van der Waals surface area contributed by atoms with Crippen LogP contribution in [-0.4, -0.2) is 52.9 Å². The van der Waals surface area contributed by atoms with Crippen LogP contribution in [0.25, 0.3) is 0 Å². The van der Waals surface area contributed by atoms with Crippen molar-refractivity contribution in [3.8, 4) is 0 Å². The molecule has 1 fully saturated rings. The highest BCUT2D eigenvalue weighted by Crippen LogP contribution is 2.37. The second-order valence-electron chi connectivity index (χ2n) is 2.86. The van der Waals surface area contributed by atoms with E-state index in [4.69, 9.17) is 34.0 Å². The van der Waals surface area contributed by atoms with Crippen LogP contribution in [0.5, 0.6) is 0 Å². The first kappa shape index (κ1) is 12.5. The zero-order valence-electron chi connectivity index (χ0n) is 6.99. The number of aliphatic hydroxyl groups excluding tert-OH is 1. The van der Waals surface area contributed by atoms with Gasteiger partial charge in [-0.05, 0) is 0 Å². The zero-order valence-corrected chi connectivity index (χ0v) is 8.64. The lowest BCUT2D eigenvalue weighted by Gasteiger charge is -2.14. The van der Waals surface area contributed by atoms with Crippen LogP contribution in [-0.2, 0) is 13.8 Å². The molecular weight excluding hydrogens is 233 g/mol. The van der Waals surface area contributed by atoms with Crippen molar-refractivity contribution in [1.82, 2.24) is 0 Å². The fourth-order valence-electron chi connectivity index (χ4n) is 1.07. The highest BCUT2D eigenvalue weighted by molar-refractivity contribution is 7.46. The normalized spacial score (nSPS) is 38.9. The van der Waals surface area contributed by atoms with Gasteiger partial charge in [-0.25, -0.2) is 4.57 Å². The first-order valence-corrected chi connectivity index (χ1v) is 5.71. The van der Waals surface area contributed by atoms with Crippen molar-refractivity contribution < 1.29 is 28.7 Å². The predicted molar refractivity (Wildman–Crippen MR) is 48.1 cm³/mol.